The highest BCUT2D eigenvalue weighted by molar-refractivity contribution is 6.02. The molecule has 0 aliphatic heterocycles. The number of anilines is 2. The molecule has 14 nitrogen and oxygen atoms in total. The Morgan fingerprint density at radius 3 is 1.36 bits per heavy atom. The number of aromatic nitrogens is 2. The van der Waals surface area contributed by atoms with Crippen LogP contribution in [0.2, 0.25) is 0 Å². The fourth-order valence-electron chi connectivity index (χ4n) is 3.61. The Hall–Kier alpha value is -5.08. The van der Waals surface area contributed by atoms with E-state index in [1.165, 1.54) is 0 Å². The van der Waals surface area contributed by atoms with Gasteiger partial charge < -0.3 is 41.0 Å². The van der Waals surface area contributed by atoms with E-state index < -0.39 is 58.9 Å². The van der Waals surface area contributed by atoms with Crippen molar-refractivity contribution in [1.29, 1.82) is 0 Å². The van der Waals surface area contributed by atoms with Gasteiger partial charge >= 0.3 is 11.9 Å². The second-order valence-corrected chi connectivity index (χ2v) is 8.79. The van der Waals surface area contributed by atoms with Gasteiger partial charge in [0.25, 0.3) is 11.8 Å². The van der Waals surface area contributed by atoms with E-state index in [-0.39, 0.29) is 26.4 Å². The van der Waals surface area contributed by atoms with Crippen molar-refractivity contribution in [1.82, 2.24) is 20.6 Å². The van der Waals surface area contributed by atoms with Gasteiger partial charge in [0.1, 0.15) is 0 Å². The molecule has 6 N–H and O–H groups in total. The van der Waals surface area contributed by atoms with Crippen LogP contribution in [0.3, 0.4) is 0 Å². The highest BCUT2D eigenvalue weighted by Crippen LogP contribution is 2.14. The summed E-state index contributed by atoms with van der Waals surface area (Å²) in [4.78, 5) is 58.1. The molecule has 0 radical (unpaired) electrons. The van der Waals surface area contributed by atoms with Gasteiger partial charge in [-0.15, -0.1) is 0 Å². The predicted molar refractivity (Wildman–Crippen MR) is 150 cm³/mol. The Labute approximate surface area is 241 Å². The number of ether oxygens (including phenoxy) is 4. The van der Waals surface area contributed by atoms with Crippen molar-refractivity contribution < 1.29 is 38.1 Å². The van der Waals surface area contributed by atoms with Crippen molar-refractivity contribution in [2.45, 2.75) is 25.3 Å². The van der Waals surface area contributed by atoms with Gasteiger partial charge in [-0.25, -0.2) is 19.6 Å². The van der Waals surface area contributed by atoms with Gasteiger partial charge in [-0.05, 0) is 11.1 Å². The van der Waals surface area contributed by atoms with Gasteiger partial charge in [0.15, 0.2) is 35.1 Å². The SMILES string of the molecule is COC(=O)C(COCc1ccccc1)NC(=O)c1nc(N)c(C(=O)NC(COCc2ccccc2)C(=O)OC)nc1N. The number of nitrogens with two attached hydrogens (primary N) is 2. The Kier molecular flexibility index (Phi) is 11.7. The number of amides is 2. The predicted octanol–water partition coefficient (Wildman–Crippen LogP) is 0.617. The Morgan fingerprint density at radius 2 is 1.02 bits per heavy atom. The largest absolute Gasteiger partial charge is 0.467 e. The molecule has 14 heteroatoms. The van der Waals surface area contributed by atoms with Crippen LogP contribution in [0.4, 0.5) is 11.6 Å². The highest BCUT2D eigenvalue weighted by atomic mass is 16.5. The van der Waals surface area contributed by atoms with Crippen LogP contribution in [0, 0.1) is 0 Å². The standard InChI is InChI=1S/C28H32N6O8/c1-39-27(37)19(15-41-13-17-9-5-3-6-10-17)31-25(35)21-23(29)34-22(24(30)33-21)26(36)32-20(28(38)40-2)16-42-14-18-11-7-4-8-12-18/h3-12,19-20H,13-16H2,1-2H3,(H2,30,33)(H2,29,34)(H,31,35)(H,32,36). The highest BCUT2D eigenvalue weighted by Gasteiger charge is 2.28. The van der Waals surface area contributed by atoms with Crippen molar-refractivity contribution in [3.05, 3.63) is 83.2 Å². The number of nitrogen functional groups attached to an aromatic ring is 2. The second kappa shape index (κ2) is 15.6. The van der Waals surface area contributed by atoms with Crippen LogP contribution in [0.25, 0.3) is 0 Å². The van der Waals surface area contributed by atoms with Gasteiger partial charge in [0, 0.05) is 0 Å². The molecule has 0 aliphatic carbocycles. The number of nitrogens with zero attached hydrogens (tertiary/aromatic N) is 2. The van der Waals surface area contributed by atoms with Crippen LogP contribution in [0.5, 0.6) is 0 Å². The molecule has 0 aliphatic rings. The number of methoxy groups -OCH3 is 2. The minimum absolute atomic E-state index is 0.187. The zero-order valence-corrected chi connectivity index (χ0v) is 23.1. The maximum absolute atomic E-state index is 12.9. The maximum Gasteiger partial charge on any atom is 0.330 e. The fourth-order valence-corrected chi connectivity index (χ4v) is 3.61. The molecule has 1 aromatic heterocycles. The lowest BCUT2D eigenvalue weighted by Gasteiger charge is -2.18. The van der Waals surface area contributed by atoms with E-state index in [9.17, 15) is 19.2 Å². The zero-order valence-electron chi connectivity index (χ0n) is 23.1. The van der Waals surface area contributed by atoms with Crippen molar-refractivity contribution in [2.75, 3.05) is 38.9 Å². The molecular formula is C28H32N6O8. The summed E-state index contributed by atoms with van der Waals surface area (Å²) in [6.07, 6.45) is 0. The number of benzene rings is 2. The molecule has 2 atom stereocenters. The quantitative estimate of drug-likeness (QED) is 0.194. The third-order valence-corrected chi connectivity index (χ3v) is 5.75. The Balaban J connectivity index is 1.66. The third kappa shape index (κ3) is 8.97. The summed E-state index contributed by atoms with van der Waals surface area (Å²) in [7, 11) is 2.32. The fraction of sp³-hybridized carbons (Fsp3) is 0.286. The van der Waals surface area contributed by atoms with E-state index in [4.69, 9.17) is 30.4 Å². The number of carbonyl (C=O) groups excluding carboxylic acids is 4. The lowest BCUT2D eigenvalue weighted by molar-refractivity contribution is -0.145. The molecule has 0 saturated carbocycles. The Bertz CT molecular complexity index is 1270. The van der Waals surface area contributed by atoms with Gasteiger partial charge in [-0.2, -0.15) is 0 Å². The van der Waals surface area contributed by atoms with Crippen LogP contribution < -0.4 is 22.1 Å². The molecule has 0 spiro atoms. The summed E-state index contributed by atoms with van der Waals surface area (Å²) in [5, 5.41) is 4.85. The molecule has 3 aromatic rings. The van der Waals surface area contributed by atoms with E-state index >= 15 is 0 Å². The van der Waals surface area contributed by atoms with Gasteiger partial charge in [-0.1, -0.05) is 60.7 Å². The van der Waals surface area contributed by atoms with Gasteiger partial charge in [0.05, 0.1) is 40.6 Å². The first-order valence-corrected chi connectivity index (χ1v) is 12.7. The molecule has 0 bridgehead atoms. The van der Waals surface area contributed by atoms with Crippen molar-refractivity contribution in [3.63, 3.8) is 0 Å². The summed E-state index contributed by atoms with van der Waals surface area (Å²) in [6, 6.07) is 16.0. The first-order chi connectivity index (χ1) is 20.2. The van der Waals surface area contributed by atoms with Gasteiger partial charge in [-0.3, -0.25) is 9.59 Å². The summed E-state index contributed by atoms with van der Waals surface area (Å²) >= 11 is 0. The summed E-state index contributed by atoms with van der Waals surface area (Å²) < 4.78 is 20.6. The number of hydrogen-bond donors (Lipinski definition) is 4. The average molecular weight is 581 g/mol. The number of hydrogen-bond acceptors (Lipinski definition) is 12. The van der Waals surface area contributed by atoms with Crippen LogP contribution in [-0.4, -0.2) is 73.2 Å². The molecule has 2 unspecified atom stereocenters. The van der Waals surface area contributed by atoms with Crippen molar-refractivity contribution >= 4 is 35.4 Å². The third-order valence-electron chi connectivity index (χ3n) is 5.75. The van der Waals surface area contributed by atoms with Gasteiger partial charge in [0.2, 0.25) is 0 Å². The smallest absolute Gasteiger partial charge is 0.330 e. The lowest BCUT2D eigenvalue weighted by Crippen LogP contribution is -2.46. The minimum Gasteiger partial charge on any atom is -0.467 e. The molecular weight excluding hydrogens is 548 g/mol. The molecule has 0 saturated heterocycles. The maximum atomic E-state index is 12.9. The Morgan fingerprint density at radius 1 is 0.667 bits per heavy atom. The normalized spacial score (nSPS) is 12.0. The minimum atomic E-state index is -1.20. The topological polar surface area (TPSA) is 207 Å². The average Bonchev–Trinajstić information content (AvgIpc) is 3.01. The van der Waals surface area contributed by atoms with Crippen LogP contribution in [0.15, 0.2) is 60.7 Å². The van der Waals surface area contributed by atoms with Crippen LogP contribution in [0.1, 0.15) is 32.1 Å². The first-order valence-electron chi connectivity index (χ1n) is 12.7. The van der Waals surface area contributed by atoms with E-state index in [0.29, 0.717) is 0 Å². The van der Waals surface area contributed by atoms with E-state index in [2.05, 4.69) is 20.6 Å². The molecule has 2 amide bonds. The summed E-state index contributed by atoms with van der Waals surface area (Å²) in [5.41, 5.74) is 12.7. The zero-order chi connectivity index (χ0) is 30.5. The number of esters is 2. The first kappa shape index (κ1) is 31.4. The van der Waals surface area contributed by atoms with E-state index in [0.717, 1.165) is 25.3 Å². The molecule has 42 heavy (non-hydrogen) atoms. The molecule has 1 heterocycles. The number of carbonyl (C=O) groups is 4. The van der Waals surface area contributed by atoms with Crippen molar-refractivity contribution in [3.8, 4) is 0 Å². The summed E-state index contributed by atoms with van der Waals surface area (Å²) in [6.45, 7) is -0.0463. The monoisotopic (exact) mass is 580 g/mol. The lowest BCUT2D eigenvalue weighted by atomic mass is 10.2. The van der Waals surface area contributed by atoms with Crippen LogP contribution in [-0.2, 0) is 41.8 Å². The second-order valence-electron chi connectivity index (χ2n) is 8.79. The van der Waals surface area contributed by atoms with Crippen LogP contribution >= 0.6 is 0 Å². The summed E-state index contributed by atoms with van der Waals surface area (Å²) in [5.74, 6) is -4.24. The molecule has 2 aromatic carbocycles. The molecule has 222 valence electrons. The van der Waals surface area contributed by atoms with E-state index in [1.54, 1.807) is 0 Å². The number of rotatable bonds is 14. The van der Waals surface area contributed by atoms with E-state index in [1.807, 2.05) is 60.7 Å². The molecule has 3 rings (SSSR count). The molecule has 0 fully saturated rings. The van der Waals surface area contributed by atoms with Crippen molar-refractivity contribution in [2.24, 2.45) is 0 Å². The number of nitrogens with one attached hydrogen (secondary N) is 2.